The Morgan fingerprint density at radius 1 is 1.15 bits per heavy atom. The second-order valence-electron chi connectivity index (χ2n) is 7.50. The Labute approximate surface area is 162 Å². The Balaban J connectivity index is 0.00000243. The smallest absolute Gasteiger partial charge is 0.251 e. The lowest BCUT2D eigenvalue weighted by atomic mass is 9.98. The predicted octanol–water partition coefficient (Wildman–Crippen LogP) is 2.66. The summed E-state index contributed by atoms with van der Waals surface area (Å²) in [6.07, 6.45) is 5.49. The summed E-state index contributed by atoms with van der Waals surface area (Å²) >= 11 is 0. The van der Waals surface area contributed by atoms with Crippen molar-refractivity contribution in [3.8, 4) is 0 Å². The van der Waals surface area contributed by atoms with Crippen LogP contribution in [0.15, 0.2) is 24.3 Å². The number of hydrogen-bond acceptors (Lipinski definition) is 3. The van der Waals surface area contributed by atoms with Crippen LogP contribution in [0, 0.1) is 12.8 Å². The molecular formula is C20H30ClN3O2. The number of benzene rings is 1. The van der Waals surface area contributed by atoms with Crippen molar-refractivity contribution in [2.45, 2.75) is 57.5 Å². The van der Waals surface area contributed by atoms with E-state index in [4.69, 9.17) is 5.73 Å². The number of piperidine rings is 1. The van der Waals surface area contributed by atoms with E-state index in [1.54, 1.807) is 0 Å². The molecule has 0 bridgehead atoms. The summed E-state index contributed by atoms with van der Waals surface area (Å²) in [5.74, 6) is 0.566. The van der Waals surface area contributed by atoms with E-state index in [0.717, 1.165) is 56.3 Å². The van der Waals surface area contributed by atoms with Crippen molar-refractivity contribution in [3.63, 3.8) is 0 Å². The second-order valence-corrected chi connectivity index (χ2v) is 7.50. The zero-order valence-electron chi connectivity index (χ0n) is 15.4. The minimum Gasteiger partial charge on any atom is -0.349 e. The molecule has 1 saturated carbocycles. The minimum absolute atomic E-state index is 0. The van der Waals surface area contributed by atoms with Crippen LogP contribution in [-0.4, -0.2) is 41.9 Å². The van der Waals surface area contributed by atoms with Crippen LogP contribution in [0.2, 0.25) is 0 Å². The molecule has 3 rings (SSSR count). The quantitative estimate of drug-likeness (QED) is 0.844. The standard InChI is InChI=1S/C20H29N3O2.ClH/c1-14-5-2-3-7-17(14)20(25)22-16-9-11-23(12-10-16)19(24)13-15-6-4-8-18(15)21;/h2-3,5,7,15-16,18H,4,6,8-13,21H2,1H3,(H,22,25);1H/t15-,18+;/m0./s1. The van der Waals surface area contributed by atoms with E-state index in [1.807, 2.05) is 36.1 Å². The van der Waals surface area contributed by atoms with Crippen molar-refractivity contribution < 1.29 is 9.59 Å². The largest absolute Gasteiger partial charge is 0.349 e. The Bertz CT molecular complexity index is 629. The first-order valence-electron chi connectivity index (χ1n) is 9.44. The molecule has 0 aromatic heterocycles. The fourth-order valence-electron chi connectivity index (χ4n) is 4.04. The molecule has 1 aromatic carbocycles. The topological polar surface area (TPSA) is 75.4 Å². The van der Waals surface area contributed by atoms with Crippen molar-refractivity contribution >= 4 is 24.2 Å². The number of nitrogens with zero attached hydrogens (tertiary/aromatic N) is 1. The molecule has 2 amide bonds. The van der Waals surface area contributed by atoms with Gasteiger partial charge in [-0.1, -0.05) is 24.6 Å². The third-order valence-corrected chi connectivity index (χ3v) is 5.73. The molecule has 3 N–H and O–H groups in total. The van der Waals surface area contributed by atoms with Crippen molar-refractivity contribution in [2.24, 2.45) is 11.7 Å². The molecule has 1 aromatic rings. The van der Waals surface area contributed by atoms with E-state index in [9.17, 15) is 9.59 Å². The van der Waals surface area contributed by atoms with Gasteiger partial charge in [-0.15, -0.1) is 12.4 Å². The minimum atomic E-state index is -0.0141. The summed E-state index contributed by atoms with van der Waals surface area (Å²) < 4.78 is 0. The average molecular weight is 380 g/mol. The Morgan fingerprint density at radius 3 is 2.46 bits per heavy atom. The summed E-state index contributed by atoms with van der Waals surface area (Å²) in [5, 5.41) is 3.12. The predicted molar refractivity (Wildman–Crippen MR) is 105 cm³/mol. The van der Waals surface area contributed by atoms with Gasteiger partial charge in [0.2, 0.25) is 5.91 Å². The summed E-state index contributed by atoms with van der Waals surface area (Å²) in [5.41, 5.74) is 7.80. The van der Waals surface area contributed by atoms with E-state index in [-0.39, 0.29) is 36.3 Å². The van der Waals surface area contributed by atoms with Gasteiger partial charge in [0.05, 0.1) is 0 Å². The van der Waals surface area contributed by atoms with E-state index < -0.39 is 0 Å². The number of carbonyl (C=O) groups excluding carboxylic acids is 2. The molecule has 0 radical (unpaired) electrons. The fourth-order valence-corrected chi connectivity index (χ4v) is 4.04. The molecular weight excluding hydrogens is 350 g/mol. The lowest BCUT2D eigenvalue weighted by Gasteiger charge is -2.33. The normalized spacial score (nSPS) is 23.4. The Hall–Kier alpha value is -1.59. The monoisotopic (exact) mass is 379 g/mol. The SMILES string of the molecule is Cc1ccccc1C(=O)NC1CCN(C(=O)C[C@@H]2CCC[C@H]2N)CC1.Cl. The maximum Gasteiger partial charge on any atom is 0.251 e. The molecule has 26 heavy (non-hydrogen) atoms. The summed E-state index contributed by atoms with van der Waals surface area (Å²) in [7, 11) is 0. The maximum atomic E-state index is 12.5. The number of rotatable bonds is 4. The van der Waals surface area contributed by atoms with Gasteiger partial charge in [-0.05, 0) is 50.2 Å². The molecule has 2 aliphatic rings. The summed E-state index contributed by atoms with van der Waals surface area (Å²) in [4.78, 5) is 26.8. The van der Waals surface area contributed by atoms with Gasteiger partial charge < -0.3 is 16.0 Å². The Kier molecular flexibility index (Phi) is 7.47. The highest BCUT2D eigenvalue weighted by Crippen LogP contribution is 2.28. The van der Waals surface area contributed by atoms with Crippen LogP contribution < -0.4 is 11.1 Å². The number of aryl methyl sites for hydroxylation is 1. The third kappa shape index (κ3) is 4.98. The first-order valence-corrected chi connectivity index (χ1v) is 9.44. The first-order chi connectivity index (χ1) is 12.0. The number of hydrogen-bond donors (Lipinski definition) is 2. The van der Waals surface area contributed by atoms with Crippen molar-refractivity contribution in [2.75, 3.05) is 13.1 Å². The highest BCUT2D eigenvalue weighted by molar-refractivity contribution is 5.95. The van der Waals surface area contributed by atoms with Gasteiger partial charge in [-0.3, -0.25) is 9.59 Å². The molecule has 0 spiro atoms. The molecule has 2 fully saturated rings. The molecule has 144 valence electrons. The van der Waals surface area contributed by atoms with Gasteiger partial charge in [0.15, 0.2) is 0 Å². The van der Waals surface area contributed by atoms with E-state index in [2.05, 4.69) is 5.32 Å². The second kappa shape index (κ2) is 9.38. The molecule has 6 heteroatoms. The number of carbonyl (C=O) groups is 2. The van der Waals surface area contributed by atoms with Gasteiger partial charge >= 0.3 is 0 Å². The zero-order valence-corrected chi connectivity index (χ0v) is 16.3. The van der Waals surface area contributed by atoms with Crippen molar-refractivity contribution in [1.29, 1.82) is 0 Å². The number of nitrogens with two attached hydrogens (primary N) is 1. The summed E-state index contributed by atoms with van der Waals surface area (Å²) in [6, 6.07) is 7.96. The van der Waals surface area contributed by atoms with Crippen molar-refractivity contribution in [1.82, 2.24) is 10.2 Å². The lowest BCUT2D eigenvalue weighted by molar-refractivity contribution is -0.133. The number of amides is 2. The Morgan fingerprint density at radius 2 is 1.85 bits per heavy atom. The first kappa shape index (κ1) is 20.7. The fraction of sp³-hybridized carbons (Fsp3) is 0.600. The van der Waals surface area contributed by atoms with Crippen LogP contribution >= 0.6 is 12.4 Å². The highest BCUT2D eigenvalue weighted by atomic mass is 35.5. The van der Waals surface area contributed by atoms with Gasteiger partial charge in [0.1, 0.15) is 0 Å². The van der Waals surface area contributed by atoms with E-state index in [1.165, 1.54) is 0 Å². The molecule has 1 aliphatic carbocycles. The molecule has 2 atom stereocenters. The van der Waals surface area contributed by atoms with Crippen molar-refractivity contribution in [3.05, 3.63) is 35.4 Å². The van der Waals surface area contributed by atoms with Gasteiger partial charge in [0, 0.05) is 37.2 Å². The molecule has 1 saturated heterocycles. The van der Waals surface area contributed by atoms with Crippen LogP contribution in [-0.2, 0) is 4.79 Å². The van der Waals surface area contributed by atoms with Crippen LogP contribution in [0.25, 0.3) is 0 Å². The van der Waals surface area contributed by atoms with Crippen LogP contribution in [0.1, 0.15) is 54.4 Å². The molecule has 5 nitrogen and oxygen atoms in total. The number of nitrogens with one attached hydrogen (secondary N) is 1. The zero-order chi connectivity index (χ0) is 17.8. The summed E-state index contributed by atoms with van der Waals surface area (Å²) in [6.45, 7) is 3.39. The molecule has 0 unspecified atom stereocenters. The highest BCUT2D eigenvalue weighted by Gasteiger charge is 2.30. The lowest BCUT2D eigenvalue weighted by Crippen LogP contribution is -2.47. The van der Waals surface area contributed by atoms with E-state index >= 15 is 0 Å². The van der Waals surface area contributed by atoms with Crippen LogP contribution in [0.3, 0.4) is 0 Å². The average Bonchev–Trinajstić information content (AvgIpc) is 3.00. The van der Waals surface area contributed by atoms with Crippen LogP contribution in [0.5, 0.6) is 0 Å². The van der Waals surface area contributed by atoms with Gasteiger partial charge in [-0.25, -0.2) is 0 Å². The van der Waals surface area contributed by atoms with E-state index in [0.29, 0.717) is 12.3 Å². The third-order valence-electron chi connectivity index (χ3n) is 5.73. The molecule has 1 aliphatic heterocycles. The maximum absolute atomic E-state index is 12.5. The number of likely N-dealkylation sites (tertiary alicyclic amines) is 1. The number of halogens is 1. The van der Waals surface area contributed by atoms with Gasteiger partial charge in [0.25, 0.3) is 5.91 Å². The molecule has 1 heterocycles. The van der Waals surface area contributed by atoms with Crippen LogP contribution in [0.4, 0.5) is 0 Å². The van der Waals surface area contributed by atoms with Gasteiger partial charge in [-0.2, -0.15) is 0 Å².